The van der Waals surface area contributed by atoms with E-state index in [-0.39, 0.29) is 5.82 Å². The van der Waals surface area contributed by atoms with Gasteiger partial charge in [-0.05, 0) is 55.5 Å². The molecule has 2 unspecified atom stereocenters. The molecule has 5 aromatic rings. The molecule has 2 aliphatic heterocycles. The lowest BCUT2D eigenvalue weighted by Crippen LogP contribution is -2.42. The first-order valence-corrected chi connectivity index (χ1v) is 12.3. The molecule has 0 amide bonds. The van der Waals surface area contributed by atoms with Gasteiger partial charge in [-0.2, -0.15) is 15.5 Å². The molecule has 1 aromatic carbocycles. The summed E-state index contributed by atoms with van der Waals surface area (Å²) >= 11 is 0. The molecule has 6 heterocycles. The van der Waals surface area contributed by atoms with Crippen LogP contribution >= 0.6 is 0 Å². The molecule has 0 spiro atoms. The summed E-state index contributed by atoms with van der Waals surface area (Å²) in [5.74, 6) is -0.0235. The summed E-state index contributed by atoms with van der Waals surface area (Å²) in [6.07, 6.45) is 11.3. The standard InChI is InChI=1S/C27H23FN8/c28-22-4-3-20(21-15-32-33-26(21)22)24-25(16-5-9-30-10-6-16)34-36-23(7-11-31-27(24)36)17-13-18-1-2-19(14-17)35(18)12-8-29/h3-7,9-11,15,17-19H,1-2,12-14H2,(H,32,33). The van der Waals surface area contributed by atoms with Crippen LogP contribution in [0.5, 0.6) is 0 Å². The lowest BCUT2D eigenvalue weighted by molar-refractivity contribution is 0.142. The summed E-state index contributed by atoms with van der Waals surface area (Å²) in [6, 6.07) is 12.4. The first-order chi connectivity index (χ1) is 17.7. The maximum atomic E-state index is 14.5. The maximum absolute atomic E-state index is 14.5. The molecule has 2 bridgehead atoms. The van der Waals surface area contributed by atoms with Crippen molar-refractivity contribution in [3.8, 4) is 28.5 Å². The van der Waals surface area contributed by atoms with Crippen molar-refractivity contribution in [3.05, 3.63) is 66.6 Å². The Morgan fingerprint density at radius 3 is 2.64 bits per heavy atom. The number of fused-ring (bicyclic) bond motifs is 4. The zero-order valence-corrected chi connectivity index (χ0v) is 19.5. The van der Waals surface area contributed by atoms with E-state index in [1.54, 1.807) is 24.7 Å². The summed E-state index contributed by atoms with van der Waals surface area (Å²) in [6.45, 7) is 0.497. The molecule has 9 heteroatoms. The Labute approximate surface area is 206 Å². The highest BCUT2D eigenvalue weighted by atomic mass is 19.1. The Morgan fingerprint density at radius 2 is 1.86 bits per heavy atom. The predicted molar refractivity (Wildman–Crippen MR) is 132 cm³/mol. The van der Waals surface area contributed by atoms with Gasteiger partial charge in [0.1, 0.15) is 17.0 Å². The number of benzene rings is 1. The zero-order valence-electron chi connectivity index (χ0n) is 19.5. The first kappa shape index (κ1) is 21.1. The average Bonchev–Trinajstić information content (AvgIpc) is 3.60. The van der Waals surface area contributed by atoms with Gasteiger partial charge in [-0.1, -0.05) is 6.07 Å². The molecular formula is C27H23FN8. The molecule has 0 radical (unpaired) electrons. The summed E-state index contributed by atoms with van der Waals surface area (Å²) in [7, 11) is 0. The van der Waals surface area contributed by atoms with Crippen molar-refractivity contribution in [1.82, 2.24) is 34.7 Å². The molecule has 178 valence electrons. The molecule has 2 atom stereocenters. The SMILES string of the molecule is N#CCN1C2CCC1CC(c1ccnc3c(-c4ccc(F)c5[nH]ncc45)c(-c4ccncc4)nn13)C2. The third kappa shape index (κ3) is 3.14. The topological polar surface area (TPSA) is 98.8 Å². The van der Waals surface area contributed by atoms with Crippen LogP contribution in [-0.4, -0.2) is 53.3 Å². The van der Waals surface area contributed by atoms with E-state index in [0.717, 1.165) is 59.4 Å². The minimum absolute atomic E-state index is 0.322. The Hall–Kier alpha value is -4.16. The smallest absolute Gasteiger partial charge is 0.163 e. The molecule has 2 fully saturated rings. The molecule has 8 nitrogen and oxygen atoms in total. The van der Waals surface area contributed by atoms with Crippen molar-refractivity contribution in [2.24, 2.45) is 0 Å². The number of aromatic nitrogens is 6. The van der Waals surface area contributed by atoms with E-state index in [0.29, 0.717) is 35.4 Å². The van der Waals surface area contributed by atoms with Crippen molar-refractivity contribution in [2.45, 2.75) is 43.7 Å². The van der Waals surface area contributed by atoms with Crippen LogP contribution in [0.15, 0.2) is 55.1 Å². The van der Waals surface area contributed by atoms with E-state index in [2.05, 4.69) is 32.2 Å². The molecule has 36 heavy (non-hydrogen) atoms. The number of piperidine rings is 1. The number of nitrogens with zero attached hydrogens (tertiary/aromatic N) is 7. The average molecular weight is 479 g/mol. The van der Waals surface area contributed by atoms with Gasteiger partial charge in [0, 0.05) is 53.2 Å². The van der Waals surface area contributed by atoms with Crippen molar-refractivity contribution in [2.75, 3.05) is 6.54 Å². The van der Waals surface area contributed by atoms with Gasteiger partial charge >= 0.3 is 0 Å². The number of H-pyrrole nitrogens is 1. The molecule has 1 N–H and O–H groups in total. The summed E-state index contributed by atoms with van der Waals surface area (Å²) in [5, 5.41) is 22.0. The van der Waals surface area contributed by atoms with Crippen LogP contribution < -0.4 is 0 Å². The Morgan fingerprint density at radius 1 is 1.06 bits per heavy atom. The van der Waals surface area contributed by atoms with E-state index in [1.807, 2.05) is 22.8 Å². The lowest BCUT2D eigenvalue weighted by atomic mass is 9.88. The number of pyridine rings is 1. The third-order valence-electron chi connectivity index (χ3n) is 7.89. The second-order valence-electron chi connectivity index (χ2n) is 9.70. The second kappa shape index (κ2) is 8.21. The number of rotatable bonds is 4. The van der Waals surface area contributed by atoms with Gasteiger partial charge in [0.15, 0.2) is 5.65 Å². The molecule has 2 saturated heterocycles. The van der Waals surface area contributed by atoms with Gasteiger partial charge in [-0.15, -0.1) is 0 Å². The molecule has 2 aliphatic rings. The Bertz CT molecular complexity index is 1620. The van der Waals surface area contributed by atoms with E-state index in [1.165, 1.54) is 6.07 Å². The van der Waals surface area contributed by atoms with E-state index in [9.17, 15) is 9.65 Å². The molecule has 7 rings (SSSR count). The monoisotopic (exact) mass is 478 g/mol. The predicted octanol–water partition coefficient (Wildman–Crippen LogP) is 4.71. The van der Waals surface area contributed by atoms with Crippen LogP contribution in [0.4, 0.5) is 4.39 Å². The van der Waals surface area contributed by atoms with Crippen molar-refractivity contribution >= 4 is 16.6 Å². The number of aromatic amines is 1. The van der Waals surface area contributed by atoms with Crippen LogP contribution in [-0.2, 0) is 0 Å². The summed E-state index contributed by atoms with van der Waals surface area (Å²) in [4.78, 5) is 11.3. The number of halogens is 1. The molecular weight excluding hydrogens is 455 g/mol. The van der Waals surface area contributed by atoms with Crippen molar-refractivity contribution < 1.29 is 4.39 Å². The summed E-state index contributed by atoms with van der Waals surface area (Å²) in [5.41, 5.74) is 5.60. The van der Waals surface area contributed by atoms with Crippen molar-refractivity contribution in [3.63, 3.8) is 0 Å². The highest BCUT2D eigenvalue weighted by Crippen LogP contribution is 2.44. The van der Waals surface area contributed by atoms with Gasteiger partial charge in [-0.25, -0.2) is 13.9 Å². The number of hydrogen-bond acceptors (Lipinski definition) is 6. The Kier molecular flexibility index (Phi) is 4.82. The van der Waals surface area contributed by atoms with Crippen LogP contribution in [0.2, 0.25) is 0 Å². The number of hydrogen-bond donors (Lipinski definition) is 1. The molecule has 4 aromatic heterocycles. The fraction of sp³-hybridized carbons (Fsp3) is 0.296. The first-order valence-electron chi connectivity index (χ1n) is 12.3. The minimum Gasteiger partial charge on any atom is -0.285 e. The van der Waals surface area contributed by atoms with Crippen LogP contribution in [0.3, 0.4) is 0 Å². The quantitative estimate of drug-likeness (QED) is 0.376. The van der Waals surface area contributed by atoms with Gasteiger partial charge < -0.3 is 0 Å². The normalized spacial score (nSPS) is 21.8. The van der Waals surface area contributed by atoms with Crippen molar-refractivity contribution in [1.29, 1.82) is 5.26 Å². The minimum atomic E-state index is -0.346. The van der Waals surface area contributed by atoms with E-state index in [4.69, 9.17) is 10.1 Å². The van der Waals surface area contributed by atoms with Crippen LogP contribution in [0.1, 0.15) is 37.3 Å². The van der Waals surface area contributed by atoms with Gasteiger partial charge in [0.25, 0.3) is 0 Å². The fourth-order valence-electron chi connectivity index (χ4n) is 6.31. The van der Waals surface area contributed by atoms with Gasteiger partial charge in [0.2, 0.25) is 0 Å². The van der Waals surface area contributed by atoms with Gasteiger partial charge in [-0.3, -0.25) is 15.0 Å². The van der Waals surface area contributed by atoms with E-state index < -0.39 is 0 Å². The second-order valence-corrected chi connectivity index (χ2v) is 9.70. The number of nitriles is 1. The largest absolute Gasteiger partial charge is 0.285 e. The number of nitrogens with one attached hydrogen (secondary N) is 1. The third-order valence-corrected chi connectivity index (χ3v) is 7.89. The highest BCUT2D eigenvalue weighted by Gasteiger charge is 2.41. The lowest BCUT2D eigenvalue weighted by Gasteiger charge is -2.37. The van der Waals surface area contributed by atoms with Gasteiger partial charge in [0.05, 0.1) is 24.4 Å². The van der Waals surface area contributed by atoms with Crippen LogP contribution in [0, 0.1) is 17.1 Å². The summed E-state index contributed by atoms with van der Waals surface area (Å²) < 4.78 is 16.5. The Balaban J connectivity index is 1.43. The molecule has 0 saturated carbocycles. The molecule has 0 aliphatic carbocycles. The maximum Gasteiger partial charge on any atom is 0.163 e. The fourth-order valence-corrected chi connectivity index (χ4v) is 6.31. The highest BCUT2D eigenvalue weighted by molar-refractivity contribution is 6.02. The van der Waals surface area contributed by atoms with Crippen LogP contribution in [0.25, 0.3) is 38.9 Å². The van der Waals surface area contributed by atoms with E-state index >= 15 is 0 Å². The zero-order chi connectivity index (χ0) is 24.2.